The van der Waals surface area contributed by atoms with Crippen LogP contribution in [0.3, 0.4) is 0 Å². The van der Waals surface area contributed by atoms with E-state index < -0.39 is 0 Å². The predicted molar refractivity (Wildman–Crippen MR) is 57.2 cm³/mol. The Morgan fingerprint density at radius 1 is 1.43 bits per heavy atom. The minimum absolute atomic E-state index is 0.328. The van der Waals surface area contributed by atoms with Crippen LogP contribution < -0.4 is 0 Å². The standard InChI is InChI=1S/C12H22O2/c1-9(2)11-5-4-10(6-7-14-3)8-12(11)13/h9-11H,4-8H2,1-3H3. The molecule has 14 heavy (non-hydrogen) atoms. The Kier molecular flexibility index (Phi) is 4.59. The zero-order valence-corrected chi connectivity index (χ0v) is 9.58. The van der Waals surface area contributed by atoms with Gasteiger partial charge in [-0.2, -0.15) is 0 Å². The molecule has 0 bridgehead atoms. The van der Waals surface area contributed by atoms with Gasteiger partial charge in [0.2, 0.25) is 0 Å². The molecule has 0 heterocycles. The summed E-state index contributed by atoms with van der Waals surface area (Å²) in [7, 11) is 1.72. The van der Waals surface area contributed by atoms with Crippen molar-refractivity contribution in [2.24, 2.45) is 17.8 Å². The summed E-state index contributed by atoms with van der Waals surface area (Å²) in [6.45, 7) is 5.10. The van der Waals surface area contributed by atoms with Gasteiger partial charge in [0.15, 0.2) is 0 Å². The largest absolute Gasteiger partial charge is 0.385 e. The first-order chi connectivity index (χ1) is 6.65. The number of rotatable bonds is 4. The molecule has 1 saturated carbocycles. The van der Waals surface area contributed by atoms with Gasteiger partial charge >= 0.3 is 0 Å². The zero-order valence-electron chi connectivity index (χ0n) is 9.58. The van der Waals surface area contributed by atoms with Crippen molar-refractivity contribution in [1.29, 1.82) is 0 Å². The Morgan fingerprint density at radius 2 is 2.14 bits per heavy atom. The molecule has 0 aromatic carbocycles. The lowest BCUT2D eigenvalue weighted by Gasteiger charge is -2.29. The second-order valence-electron chi connectivity index (χ2n) is 4.75. The van der Waals surface area contributed by atoms with Crippen LogP contribution in [-0.4, -0.2) is 19.5 Å². The molecule has 0 aliphatic heterocycles. The lowest BCUT2D eigenvalue weighted by molar-refractivity contribution is -0.127. The van der Waals surface area contributed by atoms with Gasteiger partial charge in [0.25, 0.3) is 0 Å². The minimum Gasteiger partial charge on any atom is -0.385 e. The summed E-state index contributed by atoms with van der Waals surface area (Å²) >= 11 is 0. The summed E-state index contributed by atoms with van der Waals surface area (Å²) in [6, 6.07) is 0. The van der Waals surface area contributed by atoms with E-state index in [2.05, 4.69) is 13.8 Å². The summed E-state index contributed by atoms with van der Waals surface area (Å²) in [5, 5.41) is 0. The van der Waals surface area contributed by atoms with E-state index in [0.29, 0.717) is 23.5 Å². The molecule has 0 N–H and O–H groups in total. The van der Waals surface area contributed by atoms with Gasteiger partial charge in [-0.15, -0.1) is 0 Å². The second kappa shape index (κ2) is 5.50. The average molecular weight is 198 g/mol. The average Bonchev–Trinajstić information content (AvgIpc) is 2.14. The van der Waals surface area contributed by atoms with Crippen molar-refractivity contribution >= 4 is 5.78 Å². The quantitative estimate of drug-likeness (QED) is 0.694. The molecule has 0 saturated heterocycles. The third kappa shape index (κ3) is 3.09. The summed E-state index contributed by atoms with van der Waals surface area (Å²) in [4.78, 5) is 11.8. The maximum atomic E-state index is 11.8. The summed E-state index contributed by atoms with van der Waals surface area (Å²) in [6.07, 6.45) is 4.13. The maximum absolute atomic E-state index is 11.8. The number of Topliss-reactive ketones (excluding diaryl/α,β-unsaturated/α-hetero) is 1. The topological polar surface area (TPSA) is 26.3 Å². The first kappa shape index (κ1) is 11.7. The van der Waals surface area contributed by atoms with Gasteiger partial charge < -0.3 is 4.74 Å². The molecule has 1 aliphatic rings. The minimum atomic E-state index is 0.328. The highest BCUT2D eigenvalue weighted by molar-refractivity contribution is 5.82. The van der Waals surface area contributed by atoms with Crippen LogP contribution in [0.1, 0.15) is 39.5 Å². The number of ketones is 1. The fourth-order valence-electron chi connectivity index (χ4n) is 2.35. The van der Waals surface area contributed by atoms with Crippen molar-refractivity contribution in [1.82, 2.24) is 0 Å². The number of carbonyl (C=O) groups excluding carboxylic acids is 1. The molecule has 1 rings (SSSR count). The Labute approximate surface area is 87.0 Å². The molecule has 82 valence electrons. The van der Waals surface area contributed by atoms with Crippen molar-refractivity contribution in [2.75, 3.05) is 13.7 Å². The first-order valence-electron chi connectivity index (χ1n) is 5.66. The van der Waals surface area contributed by atoms with E-state index in [9.17, 15) is 4.79 Å². The first-order valence-corrected chi connectivity index (χ1v) is 5.66. The molecule has 0 spiro atoms. The molecule has 2 atom stereocenters. The molecule has 0 radical (unpaired) electrons. The summed E-state index contributed by atoms with van der Waals surface area (Å²) in [5.74, 6) is 1.91. The van der Waals surface area contributed by atoms with E-state index in [-0.39, 0.29) is 0 Å². The fraction of sp³-hybridized carbons (Fsp3) is 0.917. The highest BCUT2D eigenvalue weighted by atomic mass is 16.5. The van der Waals surface area contributed by atoms with Crippen LogP contribution in [0.25, 0.3) is 0 Å². The lowest BCUT2D eigenvalue weighted by atomic mass is 9.75. The lowest BCUT2D eigenvalue weighted by Crippen LogP contribution is -2.28. The van der Waals surface area contributed by atoms with Crippen molar-refractivity contribution in [3.8, 4) is 0 Å². The van der Waals surface area contributed by atoms with Gasteiger partial charge in [-0.05, 0) is 31.1 Å². The van der Waals surface area contributed by atoms with Crippen molar-refractivity contribution in [3.63, 3.8) is 0 Å². The van der Waals surface area contributed by atoms with Crippen LogP contribution >= 0.6 is 0 Å². The van der Waals surface area contributed by atoms with Gasteiger partial charge in [0.05, 0.1) is 0 Å². The Balaban J connectivity index is 2.35. The van der Waals surface area contributed by atoms with Gasteiger partial charge in [0.1, 0.15) is 5.78 Å². The van der Waals surface area contributed by atoms with Crippen molar-refractivity contribution < 1.29 is 9.53 Å². The van der Waals surface area contributed by atoms with E-state index in [4.69, 9.17) is 4.74 Å². The summed E-state index contributed by atoms with van der Waals surface area (Å²) in [5.41, 5.74) is 0. The third-order valence-electron chi connectivity index (χ3n) is 3.32. The highest BCUT2D eigenvalue weighted by Crippen LogP contribution is 2.32. The van der Waals surface area contributed by atoms with Gasteiger partial charge in [0, 0.05) is 26.1 Å². The molecule has 0 aromatic heterocycles. The van der Waals surface area contributed by atoms with E-state index in [1.54, 1.807) is 7.11 Å². The molecule has 0 aromatic rings. The number of carbonyl (C=O) groups is 1. The van der Waals surface area contributed by atoms with Crippen LogP contribution in [0, 0.1) is 17.8 Å². The van der Waals surface area contributed by atoms with Gasteiger partial charge in [-0.1, -0.05) is 13.8 Å². The number of hydrogen-bond acceptors (Lipinski definition) is 2. The van der Waals surface area contributed by atoms with Crippen LogP contribution in [-0.2, 0) is 9.53 Å². The molecule has 2 unspecified atom stereocenters. The molecule has 2 heteroatoms. The molecule has 0 amide bonds. The van der Waals surface area contributed by atoms with Crippen LogP contribution in [0.4, 0.5) is 0 Å². The molecule has 2 nitrogen and oxygen atoms in total. The Bertz CT molecular complexity index is 187. The van der Waals surface area contributed by atoms with Gasteiger partial charge in [-0.3, -0.25) is 4.79 Å². The number of hydrogen-bond donors (Lipinski definition) is 0. The van der Waals surface area contributed by atoms with Crippen molar-refractivity contribution in [3.05, 3.63) is 0 Å². The van der Waals surface area contributed by atoms with E-state index in [1.807, 2.05) is 0 Å². The second-order valence-corrected chi connectivity index (χ2v) is 4.75. The third-order valence-corrected chi connectivity index (χ3v) is 3.32. The zero-order chi connectivity index (χ0) is 10.6. The van der Waals surface area contributed by atoms with Crippen LogP contribution in [0.15, 0.2) is 0 Å². The fourth-order valence-corrected chi connectivity index (χ4v) is 2.35. The van der Waals surface area contributed by atoms with Crippen molar-refractivity contribution in [2.45, 2.75) is 39.5 Å². The van der Waals surface area contributed by atoms with Crippen LogP contribution in [0.2, 0.25) is 0 Å². The number of ether oxygens (including phenoxy) is 1. The molecule has 1 fully saturated rings. The van der Waals surface area contributed by atoms with Crippen LogP contribution in [0.5, 0.6) is 0 Å². The van der Waals surface area contributed by atoms with E-state index in [0.717, 1.165) is 25.9 Å². The Hall–Kier alpha value is -0.370. The van der Waals surface area contributed by atoms with E-state index >= 15 is 0 Å². The summed E-state index contributed by atoms with van der Waals surface area (Å²) < 4.78 is 5.04. The molecule has 1 aliphatic carbocycles. The normalized spacial score (nSPS) is 28.4. The van der Waals surface area contributed by atoms with E-state index in [1.165, 1.54) is 6.42 Å². The SMILES string of the molecule is COCCC1CCC(C(C)C)C(=O)C1. The monoisotopic (exact) mass is 198 g/mol. The number of methoxy groups -OCH3 is 1. The Morgan fingerprint density at radius 3 is 2.64 bits per heavy atom. The highest BCUT2D eigenvalue weighted by Gasteiger charge is 2.29. The molecular weight excluding hydrogens is 176 g/mol. The smallest absolute Gasteiger partial charge is 0.136 e. The van der Waals surface area contributed by atoms with Gasteiger partial charge in [-0.25, -0.2) is 0 Å². The molecular formula is C12H22O2. The predicted octanol–water partition coefficient (Wildman–Crippen LogP) is 2.66. The maximum Gasteiger partial charge on any atom is 0.136 e.